The molecule has 0 aliphatic carbocycles. The average molecular weight is 428 g/mol. The summed E-state index contributed by atoms with van der Waals surface area (Å²) >= 11 is 0. The molecule has 0 saturated carbocycles. The number of sulfonamides is 1. The molecule has 3 rings (SSSR count). The molecule has 0 N–H and O–H groups in total. The van der Waals surface area contributed by atoms with Crippen LogP contribution in [-0.4, -0.2) is 103 Å². The van der Waals surface area contributed by atoms with Crippen molar-refractivity contribution < 1.29 is 17.9 Å². The fourth-order valence-electron chi connectivity index (χ4n) is 4.22. The Morgan fingerprint density at radius 2 is 1.97 bits per heavy atom. The Bertz CT molecular complexity index is 749. The third-order valence-electron chi connectivity index (χ3n) is 5.95. The van der Waals surface area contributed by atoms with Gasteiger partial charge in [0.2, 0.25) is 15.9 Å². The van der Waals surface area contributed by atoms with Crippen LogP contribution in [0.25, 0.3) is 0 Å². The first-order valence-electron chi connectivity index (χ1n) is 10.3. The van der Waals surface area contributed by atoms with Gasteiger partial charge in [-0.15, -0.1) is 0 Å². The third-order valence-corrected chi connectivity index (χ3v) is 7.22. The minimum atomic E-state index is -3.19. The van der Waals surface area contributed by atoms with Crippen LogP contribution in [0.4, 0.5) is 0 Å². The van der Waals surface area contributed by atoms with Crippen LogP contribution in [0.1, 0.15) is 25.7 Å². The summed E-state index contributed by atoms with van der Waals surface area (Å²) in [6.45, 7) is 4.22. The van der Waals surface area contributed by atoms with Gasteiger partial charge in [0.05, 0.1) is 12.6 Å². The lowest BCUT2D eigenvalue weighted by atomic mass is 9.99. The molecular weight excluding hydrogens is 394 g/mol. The molecule has 9 nitrogen and oxygen atoms in total. The highest BCUT2D eigenvalue weighted by Crippen LogP contribution is 2.24. The maximum absolute atomic E-state index is 12.5. The van der Waals surface area contributed by atoms with Gasteiger partial charge in [0.15, 0.2) is 0 Å². The smallest absolute Gasteiger partial charge is 0.242 e. The summed E-state index contributed by atoms with van der Waals surface area (Å²) in [7, 11) is -1.36. The highest BCUT2D eigenvalue weighted by molar-refractivity contribution is 7.88. The number of carbonyl (C=O) groups is 1. The van der Waals surface area contributed by atoms with Crippen LogP contribution >= 0.6 is 0 Å². The fourth-order valence-corrected chi connectivity index (χ4v) is 5.12. The maximum Gasteiger partial charge on any atom is 0.242 e. The number of hydrogen-bond acceptors (Lipinski definition) is 6. The Hall–Kier alpha value is -1.49. The Morgan fingerprint density at radius 1 is 1.21 bits per heavy atom. The Morgan fingerprint density at radius 3 is 2.62 bits per heavy atom. The van der Waals surface area contributed by atoms with Gasteiger partial charge in [0, 0.05) is 70.9 Å². The first kappa shape index (κ1) is 22.2. The van der Waals surface area contributed by atoms with Gasteiger partial charge < -0.3 is 14.2 Å². The van der Waals surface area contributed by atoms with E-state index in [-0.39, 0.29) is 18.5 Å². The van der Waals surface area contributed by atoms with Crippen molar-refractivity contribution >= 4 is 15.9 Å². The van der Waals surface area contributed by atoms with Gasteiger partial charge in [0.1, 0.15) is 6.54 Å². The van der Waals surface area contributed by atoms with Crippen LogP contribution in [0, 0.1) is 0 Å². The Labute approximate surface area is 173 Å². The molecule has 2 saturated heterocycles. The van der Waals surface area contributed by atoms with E-state index in [1.54, 1.807) is 32.5 Å². The predicted octanol–water partition coefficient (Wildman–Crippen LogP) is 0.247. The van der Waals surface area contributed by atoms with Gasteiger partial charge in [-0.3, -0.25) is 9.69 Å². The summed E-state index contributed by atoms with van der Waals surface area (Å²) in [6.07, 6.45) is 10.1. The lowest BCUT2D eigenvalue weighted by Gasteiger charge is -2.44. The standard InChI is InChI=1S/C19H33N5O4S/c1-21(19(25)15-22-9-7-20-16-22)10-11-24(17-5-12-28-13-6-17)18-4-3-8-23(14-18)29(2,26)27/h7,9,16-18H,3-6,8,10-15H2,1-2H3. The zero-order chi connectivity index (χ0) is 20.9. The lowest BCUT2D eigenvalue weighted by molar-refractivity contribution is -0.131. The molecule has 0 bridgehead atoms. The van der Waals surface area contributed by atoms with Crippen molar-refractivity contribution in [3.8, 4) is 0 Å². The number of piperidine rings is 1. The number of nitrogens with zero attached hydrogens (tertiary/aromatic N) is 5. The van der Waals surface area contributed by atoms with E-state index in [1.165, 1.54) is 6.26 Å². The number of carbonyl (C=O) groups excluding carboxylic acids is 1. The van der Waals surface area contributed by atoms with Crippen molar-refractivity contribution in [2.24, 2.45) is 0 Å². The Balaban J connectivity index is 1.63. The first-order chi connectivity index (χ1) is 13.8. The average Bonchev–Trinajstić information content (AvgIpc) is 3.21. The van der Waals surface area contributed by atoms with Crippen molar-refractivity contribution in [1.29, 1.82) is 0 Å². The monoisotopic (exact) mass is 427 g/mol. The van der Waals surface area contributed by atoms with Gasteiger partial charge in [-0.1, -0.05) is 0 Å². The summed E-state index contributed by atoms with van der Waals surface area (Å²) in [5.74, 6) is 0.0383. The maximum atomic E-state index is 12.5. The first-order valence-corrected chi connectivity index (χ1v) is 12.2. The molecule has 2 aliphatic heterocycles. The normalized spacial score (nSPS) is 22.1. The summed E-state index contributed by atoms with van der Waals surface area (Å²) in [5, 5.41) is 0. The minimum absolute atomic E-state index is 0.0383. The molecule has 164 valence electrons. The lowest BCUT2D eigenvalue weighted by Crippen LogP contribution is -2.55. The van der Waals surface area contributed by atoms with Crippen LogP contribution in [0.2, 0.25) is 0 Å². The molecule has 10 heteroatoms. The third kappa shape index (κ3) is 6.24. The van der Waals surface area contributed by atoms with E-state index in [0.29, 0.717) is 25.7 Å². The number of aromatic nitrogens is 2. The second-order valence-corrected chi connectivity index (χ2v) is 10.0. The van der Waals surface area contributed by atoms with Crippen molar-refractivity contribution in [2.75, 3.05) is 52.7 Å². The highest BCUT2D eigenvalue weighted by Gasteiger charge is 2.33. The minimum Gasteiger partial charge on any atom is -0.381 e. The molecule has 1 amide bonds. The molecular formula is C19H33N5O4S. The fraction of sp³-hybridized carbons (Fsp3) is 0.789. The number of amides is 1. The molecule has 1 unspecified atom stereocenters. The van der Waals surface area contributed by atoms with Crippen molar-refractivity contribution in [3.05, 3.63) is 18.7 Å². The summed E-state index contributed by atoms with van der Waals surface area (Å²) in [5.41, 5.74) is 0. The van der Waals surface area contributed by atoms with Gasteiger partial charge in [-0.2, -0.15) is 0 Å². The molecule has 3 heterocycles. The molecule has 0 spiro atoms. The van der Waals surface area contributed by atoms with E-state index >= 15 is 0 Å². The molecule has 2 fully saturated rings. The van der Waals surface area contributed by atoms with E-state index in [9.17, 15) is 13.2 Å². The molecule has 0 radical (unpaired) electrons. The van der Waals surface area contributed by atoms with Crippen LogP contribution in [0.3, 0.4) is 0 Å². The van der Waals surface area contributed by atoms with Crippen LogP contribution in [0.5, 0.6) is 0 Å². The Kier molecular flexibility index (Phi) is 7.66. The van der Waals surface area contributed by atoms with E-state index in [0.717, 1.165) is 45.4 Å². The number of likely N-dealkylation sites (N-methyl/N-ethyl adjacent to an activating group) is 1. The van der Waals surface area contributed by atoms with Gasteiger partial charge in [-0.25, -0.2) is 17.7 Å². The summed E-state index contributed by atoms with van der Waals surface area (Å²) in [4.78, 5) is 20.7. The van der Waals surface area contributed by atoms with Crippen molar-refractivity contribution in [3.63, 3.8) is 0 Å². The number of hydrogen-bond donors (Lipinski definition) is 0. The van der Waals surface area contributed by atoms with Crippen molar-refractivity contribution in [1.82, 2.24) is 23.7 Å². The molecule has 1 atom stereocenters. The SMILES string of the molecule is CN(CCN(C1CCOCC1)C1CCCN(S(C)(=O)=O)C1)C(=O)Cn1ccnc1. The predicted molar refractivity (Wildman–Crippen MR) is 110 cm³/mol. The quantitative estimate of drug-likeness (QED) is 0.591. The second-order valence-electron chi connectivity index (χ2n) is 8.05. The zero-order valence-electron chi connectivity index (χ0n) is 17.4. The van der Waals surface area contributed by atoms with E-state index in [1.807, 2.05) is 7.05 Å². The van der Waals surface area contributed by atoms with Gasteiger partial charge in [-0.05, 0) is 25.7 Å². The summed E-state index contributed by atoms with van der Waals surface area (Å²) < 4.78 is 33.0. The largest absolute Gasteiger partial charge is 0.381 e. The zero-order valence-corrected chi connectivity index (χ0v) is 18.3. The molecule has 1 aromatic heterocycles. The molecule has 2 aliphatic rings. The molecule has 0 aromatic carbocycles. The van der Waals surface area contributed by atoms with Gasteiger partial charge in [0.25, 0.3) is 0 Å². The summed E-state index contributed by atoms with van der Waals surface area (Å²) in [6, 6.07) is 0.545. The topological polar surface area (TPSA) is 88.0 Å². The molecule has 29 heavy (non-hydrogen) atoms. The molecule has 1 aromatic rings. The van der Waals surface area contributed by atoms with Gasteiger partial charge >= 0.3 is 0 Å². The number of ether oxygens (including phenoxy) is 1. The number of imidazole rings is 1. The second kappa shape index (κ2) is 10.0. The van der Waals surface area contributed by atoms with E-state index in [2.05, 4.69) is 9.88 Å². The van der Waals surface area contributed by atoms with E-state index < -0.39 is 10.0 Å². The van der Waals surface area contributed by atoms with E-state index in [4.69, 9.17) is 4.74 Å². The van der Waals surface area contributed by atoms with Crippen molar-refractivity contribution in [2.45, 2.75) is 44.3 Å². The number of rotatable bonds is 8. The van der Waals surface area contributed by atoms with Crippen LogP contribution < -0.4 is 0 Å². The van der Waals surface area contributed by atoms with Crippen LogP contribution in [0.15, 0.2) is 18.7 Å². The highest BCUT2D eigenvalue weighted by atomic mass is 32.2. The van der Waals surface area contributed by atoms with Crippen LogP contribution in [-0.2, 0) is 26.1 Å².